The molecule has 1 aromatic carbocycles. The van der Waals surface area contributed by atoms with Crippen molar-refractivity contribution < 1.29 is 22.7 Å². The van der Waals surface area contributed by atoms with Crippen LogP contribution < -0.4 is 4.72 Å². The number of ether oxygens (including phenoxy) is 1. The van der Waals surface area contributed by atoms with E-state index in [1.165, 1.54) is 12.1 Å². The lowest BCUT2D eigenvalue weighted by atomic mass is 10.1. The largest absolute Gasteiger partial charge is 0.456 e. The highest BCUT2D eigenvalue weighted by Crippen LogP contribution is 2.16. The molecule has 0 amide bonds. The van der Waals surface area contributed by atoms with Gasteiger partial charge in [-0.3, -0.25) is 9.59 Å². The average Bonchev–Trinajstić information content (AvgIpc) is 2.93. The van der Waals surface area contributed by atoms with E-state index in [1.54, 1.807) is 18.2 Å². The van der Waals surface area contributed by atoms with Crippen molar-refractivity contribution in [3.63, 3.8) is 0 Å². The van der Waals surface area contributed by atoms with Gasteiger partial charge in [0, 0.05) is 23.5 Å². The van der Waals surface area contributed by atoms with E-state index in [2.05, 4.69) is 11.6 Å². The third-order valence-electron chi connectivity index (χ3n) is 4.42. The molecule has 0 aliphatic rings. The predicted molar refractivity (Wildman–Crippen MR) is 106 cm³/mol. The van der Waals surface area contributed by atoms with Crippen molar-refractivity contribution in [3.05, 3.63) is 52.8 Å². The van der Waals surface area contributed by atoms with Crippen LogP contribution in [0.25, 0.3) is 0 Å². The van der Waals surface area contributed by atoms with Crippen LogP contribution in [0.3, 0.4) is 0 Å². The summed E-state index contributed by atoms with van der Waals surface area (Å²) < 4.78 is 33.5. The Balaban J connectivity index is 1.91. The van der Waals surface area contributed by atoms with Crippen molar-refractivity contribution in [2.75, 3.05) is 13.2 Å². The van der Waals surface area contributed by atoms with Gasteiger partial charge < -0.3 is 9.30 Å². The highest BCUT2D eigenvalue weighted by atomic mass is 32.2. The smallest absolute Gasteiger partial charge is 0.321 e. The molecule has 28 heavy (non-hydrogen) atoms. The van der Waals surface area contributed by atoms with Crippen molar-refractivity contribution in [2.24, 2.45) is 0 Å². The number of benzene rings is 1. The number of sulfonamides is 1. The zero-order chi connectivity index (χ0) is 20.9. The van der Waals surface area contributed by atoms with Crippen LogP contribution in [0.1, 0.15) is 40.7 Å². The summed E-state index contributed by atoms with van der Waals surface area (Å²) in [5, 5.41) is 0. The van der Waals surface area contributed by atoms with Gasteiger partial charge in [-0.15, -0.1) is 0 Å². The van der Waals surface area contributed by atoms with Crippen LogP contribution in [0.4, 0.5) is 0 Å². The lowest BCUT2D eigenvalue weighted by Gasteiger charge is -2.09. The molecule has 0 bridgehead atoms. The molecule has 2 aromatic rings. The highest BCUT2D eigenvalue weighted by Gasteiger charge is 2.19. The van der Waals surface area contributed by atoms with E-state index < -0.39 is 29.1 Å². The molecule has 0 unspecified atom stereocenters. The minimum Gasteiger partial charge on any atom is -0.456 e. The third kappa shape index (κ3) is 5.30. The second-order valence-electron chi connectivity index (χ2n) is 6.66. The molecule has 0 saturated carbocycles. The molecule has 0 fully saturated rings. The lowest BCUT2D eigenvalue weighted by Crippen LogP contribution is -2.31. The predicted octanol–water partition coefficient (Wildman–Crippen LogP) is 2.53. The quantitative estimate of drug-likeness (QED) is 0.510. The Morgan fingerprint density at radius 2 is 1.75 bits per heavy atom. The summed E-state index contributed by atoms with van der Waals surface area (Å²) in [7, 11) is -3.82. The van der Waals surface area contributed by atoms with Crippen LogP contribution in [0.2, 0.25) is 0 Å². The number of hydrogen-bond donors (Lipinski definition) is 1. The standard InChI is InChI=1S/C20H26N2O5S/c1-5-10-22-15(3)11-18(16(22)4)19(23)13-27-20(24)12-21-28(25,26)17-8-6-14(2)7-9-17/h6-9,11,21H,5,10,12-13H2,1-4H3. The van der Waals surface area contributed by atoms with Crippen molar-refractivity contribution in [1.82, 2.24) is 9.29 Å². The number of aryl methyl sites for hydroxylation is 2. The number of nitrogens with one attached hydrogen (secondary N) is 1. The van der Waals surface area contributed by atoms with E-state index in [1.807, 2.05) is 25.3 Å². The van der Waals surface area contributed by atoms with E-state index >= 15 is 0 Å². The van der Waals surface area contributed by atoms with E-state index in [-0.39, 0.29) is 10.7 Å². The average molecular weight is 407 g/mol. The van der Waals surface area contributed by atoms with Crippen molar-refractivity contribution in [1.29, 1.82) is 0 Å². The van der Waals surface area contributed by atoms with Gasteiger partial charge in [0.05, 0.1) is 4.90 Å². The molecule has 0 atom stereocenters. The number of esters is 1. The summed E-state index contributed by atoms with van der Waals surface area (Å²) in [6, 6.07) is 8.03. The third-order valence-corrected chi connectivity index (χ3v) is 5.84. The zero-order valence-electron chi connectivity index (χ0n) is 16.6. The molecule has 0 saturated heterocycles. The van der Waals surface area contributed by atoms with Crippen LogP contribution in [0, 0.1) is 20.8 Å². The molecule has 2 rings (SSSR count). The summed E-state index contributed by atoms with van der Waals surface area (Å²) in [5.41, 5.74) is 3.24. The molecule has 0 aliphatic carbocycles. The van der Waals surface area contributed by atoms with E-state index in [0.29, 0.717) is 5.56 Å². The number of rotatable bonds is 9. The normalized spacial score (nSPS) is 11.4. The Morgan fingerprint density at radius 3 is 2.36 bits per heavy atom. The first-order valence-corrected chi connectivity index (χ1v) is 10.6. The van der Waals surface area contributed by atoms with E-state index in [0.717, 1.165) is 29.9 Å². The number of Topliss-reactive ketones (excluding diaryl/α,β-unsaturated/α-hetero) is 1. The molecule has 0 spiro atoms. The van der Waals surface area contributed by atoms with Crippen LogP contribution in [-0.2, 0) is 26.1 Å². The summed E-state index contributed by atoms with van der Waals surface area (Å²) >= 11 is 0. The Bertz CT molecular complexity index is 959. The fourth-order valence-corrected chi connectivity index (χ4v) is 3.85. The first-order chi connectivity index (χ1) is 13.2. The molecule has 1 aromatic heterocycles. The number of hydrogen-bond acceptors (Lipinski definition) is 5. The summed E-state index contributed by atoms with van der Waals surface area (Å²) in [5.74, 6) is -1.13. The number of nitrogens with zero attached hydrogens (tertiary/aromatic N) is 1. The Labute approximate surface area is 165 Å². The van der Waals surface area contributed by atoms with Gasteiger partial charge in [-0.2, -0.15) is 4.72 Å². The van der Waals surface area contributed by atoms with Crippen molar-refractivity contribution >= 4 is 21.8 Å². The fraction of sp³-hybridized carbons (Fsp3) is 0.400. The zero-order valence-corrected chi connectivity index (χ0v) is 17.4. The number of carbonyl (C=O) groups excluding carboxylic acids is 2. The summed E-state index contributed by atoms with van der Waals surface area (Å²) in [6.07, 6.45) is 0.945. The molecule has 7 nitrogen and oxygen atoms in total. The van der Waals surface area contributed by atoms with Crippen LogP contribution in [0.5, 0.6) is 0 Å². The van der Waals surface area contributed by atoms with Crippen LogP contribution in [0.15, 0.2) is 35.2 Å². The molecular formula is C20H26N2O5S. The van der Waals surface area contributed by atoms with Crippen LogP contribution in [-0.4, -0.2) is 37.9 Å². The maximum Gasteiger partial charge on any atom is 0.321 e. The summed E-state index contributed by atoms with van der Waals surface area (Å²) in [6.45, 7) is 7.52. The highest BCUT2D eigenvalue weighted by molar-refractivity contribution is 7.89. The van der Waals surface area contributed by atoms with Gasteiger partial charge in [0.15, 0.2) is 6.61 Å². The maximum absolute atomic E-state index is 12.4. The van der Waals surface area contributed by atoms with Gasteiger partial charge in [0.25, 0.3) is 0 Å². The van der Waals surface area contributed by atoms with E-state index in [4.69, 9.17) is 4.74 Å². The Hall–Kier alpha value is -2.45. The molecule has 8 heteroatoms. The second kappa shape index (κ2) is 9.16. The molecule has 1 heterocycles. The number of aromatic nitrogens is 1. The van der Waals surface area contributed by atoms with Gasteiger partial charge in [-0.1, -0.05) is 24.6 Å². The number of carbonyl (C=O) groups is 2. The second-order valence-corrected chi connectivity index (χ2v) is 8.42. The van der Waals surface area contributed by atoms with Crippen molar-refractivity contribution in [3.8, 4) is 0 Å². The first-order valence-electron chi connectivity index (χ1n) is 9.07. The Kier molecular flexibility index (Phi) is 7.15. The fourth-order valence-electron chi connectivity index (χ4n) is 2.88. The van der Waals surface area contributed by atoms with Gasteiger partial charge in [0.2, 0.25) is 15.8 Å². The van der Waals surface area contributed by atoms with Crippen molar-refractivity contribution in [2.45, 2.75) is 45.6 Å². The minimum atomic E-state index is -3.82. The molecule has 1 N–H and O–H groups in total. The minimum absolute atomic E-state index is 0.0605. The Morgan fingerprint density at radius 1 is 1.11 bits per heavy atom. The molecule has 0 radical (unpaired) electrons. The van der Waals surface area contributed by atoms with Crippen LogP contribution >= 0.6 is 0 Å². The van der Waals surface area contributed by atoms with Gasteiger partial charge in [-0.05, 0) is 45.4 Å². The van der Waals surface area contributed by atoms with Gasteiger partial charge >= 0.3 is 5.97 Å². The van der Waals surface area contributed by atoms with E-state index in [9.17, 15) is 18.0 Å². The summed E-state index contributed by atoms with van der Waals surface area (Å²) in [4.78, 5) is 24.3. The SMILES string of the molecule is CCCn1c(C)cc(C(=O)COC(=O)CNS(=O)(=O)c2ccc(C)cc2)c1C. The molecular weight excluding hydrogens is 380 g/mol. The topological polar surface area (TPSA) is 94.5 Å². The first kappa shape index (κ1) is 21.8. The lowest BCUT2D eigenvalue weighted by molar-refractivity contribution is -0.141. The molecule has 0 aliphatic heterocycles. The maximum atomic E-state index is 12.4. The monoisotopic (exact) mass is 406 g/mol. The number of ketones is 1. The molecule has 152 valence electrons. The van der Waals surface area contributed by atoms with Gasteiger partial charge in [-0.25, -0.2) is 8.42 Å². The van der Waals surface area contributed by atoms with Gasteiger partial charge in [0.1, 0.15) is 6.54 Å².